The van der Waals surface area contributed by atoms with E-state index >= 15 is 0 Å². The Morgan fingerprint density at radius 2 is 1.60 bits per heavy atom. The molecule has 0 radical (unpaired) electrons. The molecule has 2 N–H and O–H groups in total. The van der Waals surface area contributed by atoms with Gasteiger partial charge in [-0.3, -0.25) is 4.79 Å². The van der Waals surface area contributed by atoms with E-state index in [-0.39, 0.29) is 16.8 Å². The Morgan fingerprint density at radius 3 is 2.20 bits per heavy atom. The quantitative estimate of drug-likeness (QED) is 0.399. The molecule has 0 bridgehead atoms. The van der Waals surface area contributed by atoms with E-state index in [2.05, 4.69) is 33.9 Å². The number of aromatic nitrogens is 2. The lowest BCUT2D eigenvalue weighted by Crippen LogP contribution is -2.32. The maximum absolute atomic E-state index is 12.9. The van der Waals surface area contributed by atoms with Gasteiger partial charge in [0.15, 0.2) is 6.10 Å². The molecule has 0 aliphatic heterocycles. The molecule has 9 heteroatoms. The van der Waals surface area contributed by atoms with E-state index in [1.807, 2.05) is 31.2 Å². The summed E-state index contributed by atoms with van der Waals surface area (Å²) in [6.45, 7) is 9.65. The van der Waals surface area contributed by atoms with Crippen LogP contribution in [0.3, 0.4) is 0 Å². The molecule has 0 saturated heterocycles. The summed E-state index contributed by atoms with van der Waals surface area (Å²) in [6, 6.07) is 15.4. The summed E-state index contributed by atoms with van der Waals surface area (Å²) in [5.74, 6) is 0.721. The third-order valence-corrected chi connectivity index (χ3v) is 6.98. The summed E-state index contributed by atoms with van der Waals surface area (Å²) in [6.07, 6.45) is 0.753. The van der Waals surface area contributed by atoms with Gasteiger partial charge in [-0.2, -0.15) is 0 Å². The van der Waals surface area contributed by atoms with Crippen molar-refractivity contribution in [1.29, 1.82) is 0 Å². The first-order chi connectivity index (χ1) is 16.6. The maximum Gasteiger partial charge on any atom is 0.265 e. The van der Waals surface area contributed by atoms with Crippen molar-refractivity contribution in [2.75, 3.05) is 10.0 Å². The van der Waals surface area contributed by atoms with E-state index in [0.29, 0.717) is 35.2 Å². The van der Waals surface area contributed by atoms with Crippen LogP contribution in [0.25, 0.3) is 0 Å². The van der Waals surface area contributed by atoms with Gasteiger partial charge in [-0.15, -0.1) is 0 Å². The van der Waals surface area contributed by atoms with Crippen LogP contribution in [0, 0.1) is 13.8 Å². The first-order valence-electron chi connectivity index (χ1n) is 11.6. The number of nitrogens with one attached hydrogen (secondary N) is 2. The number of amides is 1. The van der Waals surface area contributed by atoms with Crippen LogP contribution in [-0.2, 0) is 14.8 Å². The Morgan fingerprint density at radius 1 is 0.971 bits per heavy atom. The molecule has 8 nitrogen and oxygen atoms in total. The maximum atomic E-state index is 12.9. The number of nitrogens with zero attached hydrogens (tertiary/aromatic N) is 2. The minimum atomic E-state index is -3.88. The van der Waals surface area contributed by atoms with Crippen molar-refractivity contribution in [2.45, 2.75) is 64.4 Å². The van der Waals surface area contributed by atoms with Crippen LogP contribution in [0.1, 0.15) is 56.5 Å². The number of rotatable bonds is 10. The topological polar surface area (TPSA) is 110 Å². The minimum absolute atomic E-state index is 0.0143. The second-order valence-electron chi connectivity index (χ2n) is 8.46. The molecule has 3 rings (SSSR count). The lowest BCUT2D eigenvalue weighted by atomic mass is 9.98. The summed E-state index contributed by atoms with van der Waals surface area (Å²) >= 11 is 0. The molecule has 0 spiro atoms. The molecule has 2 atom stereocenters. The Balaban J connectivity index is 1.70. The molecule has 0 aliphatic carbocycles. The number of ether oxygens (including phenoxy) is 1. The fraction of sp³-hybridized carbons (Fsp3) is 0.346. The number of carbonyl (C=O) groups excluding carboxylic acids is 1. The van der Waals surface area contributed by atoms with Crippen molar-refractivity contribution < 1.29 is 17.9 Å². The van der Waals surface area contributed by atoms with Crippen molar-refractivity contribution in [2.24, 2.45) is 0 Å². The van der Waals surface area contributed by atoms with Crippen LogP contribution in [0.15, 0.2) is 59.5 Å². The predicted molar refractivity (Wildman–Crippen MR) is 137 cm³/mol. The fourth-order valence-corrected chi connectivity index (χ4v) is 4.53. The van der Waals surface area contributed by atoms with Gasteiger partial charge >= 0.3 is 0 Å². The third-order valence-electron chi connectivity index (χ3n) is 5.63. The molecule has 1 heterocycles. The van der Waals surface area contributed by atoms with Crippen molar-refractivity contribution in [1.82, 2.24) is 9.97 Å². The van der Waals surface area contributed by atoms with Gasteiger partial charge in [-0.1, -0.05) is 39.0 Å². The molecule has 0 aliphatic rings. The number of aryl methyl sites for hydroxylation is 2. The van der Waals surface area contributed by atoms with Crippen LogP contribution in [0.5, 0.6) is 5.75 Å². The highest BCUT2D eigenvalue weighted by molar-refractivity contribution is 7.92. The van der Waals surface area contributed by atoms with Gasteiger partial charge in [0.25, 0.3) is 15.9 Å². The average Bonchev–Trinajstić information content (AvgIpc) is 2.81. The Bertz CT molecular complexity index is 1260. The van der Waals surface area contributed by atoms with Gasteiger partial charge < -0.3 is 10.1 Å². The second-order valence-corrected chi connectivity index (χ2v) is 10.1. The van der Waals surface area contributed by atoms with Crippen LogP contribution in [-0.4, -0.2) is 30.4 Å². The Kier molecular flexibility index (Phi) is 8.45. The zero-order valence-corrected chi connectivity index (χ0v) is 21.5. The molecule has 0 saturated carbocycles. The molecule has 3 aromatic rings. The molecule has 2 unspecified atom stereocenters. The minimum Gasteiger partial charge on any atom is -0.480 e. The summed E-state index contributed by atoms with van der Waals surface area (Å²) in [4.78, 5) is 21.2. The van der Waals surface area contributed by atoms with Gasteiger partial charge in [-0.05, 0) is 74.6 Å². The lowest BCUT2D eigenvalue weighted by molar-refractivity contribution is -0.122. The standard InChI is InChI=1S/C26H32N4O4S/c1-6-17(3)22-10-8-9-11-24(22)34-23(7-2)25(31)29-20-12-14-21(15-13-20)35(32,33)30-26-27-18(4)16-19(5)28-26/h8-17,23H,6-7H2,1-5H3,(H,29,31)(H,27,28,30). The highest BCUT2D eigenvalue weighted by atomic mass is 32.2. The van der Waals surface area contributed by atoms with Crippen molar-refractivity contribution >= 4 is 27.6 Å². The Hall–Kier alpha value is -3.46. The van der Waals surface area contributed by atoms with Crippen LogP contribution < -0.4 is 14.8 Å². The molecule has 35 heavy (non-hydrogen) atoms. The number of hydrogen-bond acceptors (Lipinski definition) is 6. The number of hydrogen-bond donors (Lipinski definition) is 2. The van der Waals surface area contributed by atoms with Crippen LogP contribution in [0.2, 0.25) is 0 Å². The third kappa shape index (κ3) is 6.79. The van der Waals surface area contributed by atoms with E-state index in [1.165, 1.54) is 24.3 Å². The molecule has 186 valence electrons. The SMILES string of the molecule is CCC(Oc1ccccc1C(C)CC)C(=O)Nc1ccc(S(=O)(=O)Nc2nc(C)cc(C)n2)cc1. The largest absolute Gasteiger partial charge is 0.480 e. The smallest absolute Gasteiger partial charge is 0.265 e. The lowest BCUT2D eigenvalue weighted by Gasteiger charge is -2.21. The highest BCUT2D eigenvalue weighted by Gasteiger charge is 2.22. The van der Waals surface area contributed by atoms with Crippen LogP contribution in [0.4, 0.5) is 11.6 Å². The number of carbonyl (C=O) groups is 1. The van der Waals surface area contributed by atoms with E-state index < -0.39 is 16.1 Å². The van der Waals surface area contributed by atoms with Crippen molar-refractivity contribution in [3.05, 3.63) is 71.5 Å². The van der Waals surface area contributed by atoms with Crippen molar-refractivity contribution in [3.63, 3.8) is 0 Å². The van der Waals surface area contributed by atoms with Crippen LogP contribution >= 0.6 is 0 Å². The Labute approximate surface area is 207 Å². The molecule has 1 amide bonds. The van der Waals surface area contributed by atoms with E-state index in [4.69, 9.17) is 4.74 Å². The van der Waals surface area contributed by atoms with Crippen molar-refractivity contribution in [3.8, 4) is 5.75 Å². The monoisotopic (exact) mass is 496 g/mol. The van der Waals surface area contributed by atoms with E-state index in [0.717, 1.165) is 12.0 Å². The zero-order chi connectivity index (χ0) is 25.6. The number of sulfonamides is 1. The molecular formula is C26H32N4O4S. The number of para-hydroxylation sites is 1. The number of anilines is 2. The summed E-state index contributed by atoms with van der Waals surface area (Å²) in [7, 11) is -3.88. The summed E-state index contributed by atoms with van der Waals surface area (Å²) < 4.78 is 33.9. The fourth-order valence-electron chi connectivity index (χ4n) is 3.58. The van der Waals surface area contributed by atoms with Gasteiger partial charge in [0.2, 0.25) is 5.95 Å². The number of benzene rings is 2. The normalized spacial score (nSPS) is 13.1. The van der Waals surface area contributed by atoms with E-state index in [1.54, 1.807) is 19.9 Å². The molecule has 2 aromatic carbocycles. The first kappa shape index (κ1) is 26.2. The second kappa shape index (κ2) is 11.3. The van der Waals surface area contributed by atoms with Gasteiger partial charge in [-0.25, -0.2) is 23.1 Å². The van der Waals surface area contributed by atoms with E-state index in [9.17, 15) is 13.2 Å². The predicted octanol–water partition coefficient (Wildman–Crippen LogP) is 5.20. The van der Waals surface area contributed by atoms with Gasteiger partial charge in [0, 0.05) is 17.1 Å². The molecule has 0 fully saturated rings. The van der Waals surface area contributed by atoms with Gasteiger partial charge in [0.05, 0.1) is 4.90 Å². The highest BCUT2D eigenvalue weighted by Crippen LogP contribution is 2.29. The zero-order valence-electron chi connectivity index (χ0n) is 20.7. The first-order valence-corrected chi connectivity index (χ1v) is 13.1. The summed E-state index contributed by atoms with van der Waals surface area (Å²) in [5, 5.41) is 2.82. The summed E-state index contributed by atoms with van der Waals surface area (Å²) in [5.41, 5.74) is 2.85. The molecule has 1 aromatic heterocycles. The molecular weight excluding hydrogens is 464 g/mol. The average molecular weight is 497 g/mol. The van der Waals surface area contributed by atoms with Gasteiger partial charge in [0.1, 0.15) is 5.75 Å².